The molecule has 5 nitrogen and oxygen atoms in total. The van der Waals surface area contributed by atoms with Crippen LogP contribution in [0.4, 0.5) is 5.95 Å². The zero-order valence-corrected chi connectivity index (χ0v) is 17.7. The van der Waals surface area contributed by atoms with Crippen molar-refractivity contribution in [2.75, 3.05) is 5.32 Å². The number of halogens is 1. The lowest BCUT2D eigenvalue weighted by molar-refractivity contribution is -0.146. The molecule has 154 valence electrons. The maximum atomic E-state index is 13.4. The molecule has 0 saturated heterocycles. The molecule has 0 radical (unpaired) electrons. The first-order valence-corrected chi connectivity index (χ1v) is 10.9. The van der Waals surface area contributed by atoms with Gasteiger partial charge in [0.25, 0.3) is 0 Å². The quantitative estimate of drug-likeness (QED) is 0.538. The normalized spacial score (nSPS) is 19.5. The van der Waals surface area contributed by atoms with Crippen molar-refractivity contribution in [2.45, 2.75) is 51.2 Å². The molecule has 1 atom stereocenters. The van der Waals surface area contributed by atoms with Gasteiger partial charge in [-0.2, -0.15) is 0 Å². The highest BCUT2D eigenvalue weighted by atomic mass is 35.5. The van der Waals surface area contributed by atoms with Crippen LogP contribution < -0.4 is 5.32 Å². The number of hydrogen-bond donors (Lipinski definition) is 1. The third-order valence-corrected chi connectivity index (χ3v) is 6.28. The number of nitrogens with zero attached hydrogens (tertiary/aromatic N) is 2. The molecule has 5 rings (SSSR count). The van der Waals surface area contributed by atoms with Crippen LogP contribution in [0.25, 0.3) is 11.0 Å². The number of ether oxygens (including phenoxy) is 1. The number of benzene rings is 2. The molecule has 3 aromatic rings. The van der Waals surface area contributed by atoms with Crippen molar-refractivity contribution in [1.29, 1.82) is 0 Å². The number of rotatable bonds is 3. The van der Waals surface area contributed by atoms with E-state index in [-0.39, 0.29) is 18.1 Å². The van der Waals surface area contributed by atoms with Crippen molar-refractivity contribution < 1.29 is 9.53 Å². The van der Waals surface area contributed by atoms with Crippen LogP contribution in [0.1, 0.15) is 50.6 Å². The highest BCUT2D eigenvalue weighted by molar-refractivity contribution is 6.30. The second-order valence-corrected chi connectivity index (χ2v) is 8.52. The molecule has 2 aromatic carbocycles. The van der Waals surface area contributed by atoms with Crippen LogP contribution in [0.15, 0.2) is 59.8 Å². The van der Waals surface area contributed by atoms with Crippen LogP contribution >= 0.6 is 11.6 Å². The minimum atomic E-state index is -0.358. The number of hydrogen-bond acceptors (Lipinski definition) is 4. The van der Waals surface area contributed by atoms with Gasteiger partial charge in [-0.15, -0.1) is 0 Å². The highest BCUT2D eigenvalue weighted by Gasteiger charge is 2.36. The van der Waals surface area contributed by atoms with Gasteiger partial charge in [-0.05, 0) is 62.4 Å². The number of anilines is 1. The minimum absolute atomic E-state index is 0.00695. The molecular formula is C24H24ClN3O2. The maximum Gasteiger partial charge on any atom is 0.338 e. The van der Waals surface area contributed by atoms with E-state index in [0.717, 1.165) is 48.0 Å². The second kappa shape index (κ2) is 7.80. The molecule has 1 aliphatic carbocycles. The molecule has 2 aliphatic rings. The second-order valence-electron chi connectivity index (χ2n) is 8.08. The van der Waals surface area contributed by atoms with E-state index < -0.39 is 0 Å². The molecular weight excluding hydrogens is 398 g/mol. The summed E-state index contributed by atoms with van der Waals surface area (Å²) in [5, 5.41) is 3.96. The van der Waals surface area contributed by atoms with Gasteiger partial charge >= 0.3 is 5.97 Å². The Kier molecular flexibility index (Phi) is 4.99. The van der Waals surface area contributed by atoms with Crippen molar-refractivity contribution in [1.82, 2.24) is 9.55 Å². The van der Waals surface area contributed by atoms with Gasteiger partial charge in [-0.3, -0.25) is 4.57 Å². The smallest absolute Gasteiger partial charge is 0.338 e. The summed E-state index contributed by atoms with van der Waals surface area (Å²) in [6.45, 7) is 1.91. The third kappa shape index (κ3) is 3.37. The Morgan fingerprint density at radius 2 is 1.93 bits per heavy atom. The largest absolute Gasteiger partial charge is 0.459 e. The SMILES string of the molecule is CC1=C(C(=O)OC2CCCCC2)[C@@H](c2cccc(Cl)c2)n2c(nc3ccccc32)N1. The van der Waals surface area contributed by atoms with Gasteiger partial charge in [0.2, 0.25) is 5.95 Å². The lowest BCUT2D eigenvalue weighted by atomic mass is 9.94. The Morgan fingerprint density at radius 3 is 2.73 bits per heavy atom. The summed E-state index contributed by atoms with van der Waals surface area (Å²) in [6.07, 6.45) is 5.31. The van der Waals surface area contributed by atoms with E-state index in [0.29, 0.717) is 16.5 Å². The average Bonchev–Trinajstić information content (AvgIpc) is 3.11. The molecule has 1 N–H and O–H groups in total. The average molecular weight is 422 g/mol. The molecule has 0 spiro atoms. The van der Waals surface area contributed by atoms with Crippen molar-refractivity contribution in [3.05, 3.63) is 70.4 Å². The van der Waals surface area contributed by atoms with Crippen LogP contribution in [0, 0.1) is 0 Å². The van der Waals surface area contributed by atoms with E-state index >= 15 is 0 Å². The number of aromatic nitrogens is 2. The molecule has 0 unspecified atom stereocenters. The Balaban J connectivity index is 1.63. The van der Waals surface area contributed by atoms with E-state index in [1.165, 1.54) is 6.42 Å². The molecule has 30 heavy (non-hydrogen) atoms. The number of esters is 1. The first kappa shape index (κ1) is 19.2. The van der Waals surface area contributed by atoms with Gasteiger partial charge in [0.15, 0.2) is 0 Å². The van der Waals surface area contributed by atoms with Gasteiger partial charge in [0.05, 0.1) is 22.6 Å². The maximum absolute atomic E-state index is 13.4. The summed E-state index contributed by atoms with van der Waals surface area (Å²) in [5.41, 5.74) is 4.15. The number of carbonyl (C=O) groups excluding carboxylic acids is 1. The fourth-order valence-corrected chi connectivity index (χ4v) is 4.82. The topological polar surface area (TPSA) is 56.2 Å². The Hall–Kier alpha value is -2.79. The highest BCUT2D eigenvalue weighted by Crippen LogP contribution is 2.40. The summed E-state index contributed by atoms with van der Waals surface area (Å²) in [5.74, 6) is 0.452. The Morgan fingerprint density at radius 1 is 1.13 bits per heavy atom. The molecule has 2 heterocycles. The van der Waals surface area contributed by atoms with Gasteiger partial charge in [-0.25, -0.2) is 9.78 Å². The lowest BCUT2D eigenvalue weighted by Gasteiger charge is -2.31. The lowest BCUT2D eigenvalue weighted by Crippen LogP contribution is -2.31. The van der Waals surface area contributed by atoms with Crippen molar-refractivity contribution in [2.24, 2.45) is 0 Å². The van der Waals surface area contributed by atoms with E-state index in [2.05, 4.69) is 9.88 Å². The summed E-state index contributed by atoms with van der Waals surface area (Å²) >= 11 is 6.33. The number of para-hydroxylation sites is 2. The van der Waals surface area contributed by atoms with Crippen LogP contribution in [0.5, 0.6) is 0 Å². The Bertz CT molecular complexity index is 1140. The first-order chi connectivity index (χ1) is 14.6. The summed E-state index contributed by atoms with van der Waals surface area (Å²) in [4.78, 5) is 18.2. The number of allylic oxidation sites excluding steroid dienone is 1. The monoisotopic (exact) mass is 421 g/mol. The zero-order chi connectivity index (χ0) is 20.7. The molecule has 6 heteroatoms. The summed E-state index contributed by atoms with van der Waals surface area (Å²) in [7, 11) is 0. The van der Waals surface area contributed by atoms with E-state index in [1.54, 1.807) is 0 Å². The predicted octanol–water partition coefficient (Wildman–Crippen LogP) is 5.85. The molecule has 1 aliphatic heterocycles. The predicted molar refractivity (Wildman–Crippen MR) is 119 cm³/mol. The standard InChI is InChI=1S/C24H24ClN3O2/c1-15-21(23(29)30-18-10-3-2-4-11-18)22(16-8-7-9-17(25)14-16)28-20-13-6-5-12-19(20)27-24(28)26-15/h5-9,12-14,18,22H,2-4,10-11H2,1H3,(H,26,27)/t22-/m1/s1. The number of imidazole rings is 1. The van der Waals surface area contributed by atoms with Gasteiger partial charge in [0.1, 0.15) is 6.10 Å². The van der Waals surface area contributed by atoms with Gasteiger partial charge in [0, 0.05) is 10.7 Å². The van der Waals surface area contributed by atoms with Crippen molar-refractivity contribution >= 4 is 34.6 Å². The third-order valence-electron chi connectivity index (χ3n) is 6.04. The fourth-order valence-electron chi connectivity index (χ4n) is 4.62. The van der Waals surface area contributed by atoms with Gasteiger partial charge < -0.3 is 10.1 Å². The molecule has 1 saturated carbocycles. The first-order valence-electron chi connectivity index (χ1n) is 10.5. The molecule has 0 bridgehead atoms. The van der Waals surface area contributed by atoms with Crippen LogP contribution in [0.3, 0.4) is 0 Å². The summed E-state index contributed by atoms with van der Waals surface area (Å²) < 4.78 is 8.06. The molecule has 0 amide bonds. The minimum Gasteiger partial charge on any atom is -0.459 e. The van der Waals surface area contributed by atoms with Crippen molar-refractivity contribution in [3.63, 3.8) is 0 Å². The van der Waals surface area contributed by atoms with E-state index in [4.69, 9.17) is 21.3 Å². The van der Waals surface area contributed by atoms with Gasteiger partial charge in [-0.1, -0.05) is 42.3 Å². The number of carbonyl (C=O) groups is 1. The Labute approximate surface area is 180 Å². The fraction of sp³-hybridized carbons (Fsp3) is 0.333. The molecule has 1 fully saturated rings. The number of fused-ring (bicyclic) bond motifs is 3. The summed E-state index contributed by atoms with van der Waals surface area (Å²) in [6, 6.07) is 15.3. The van der Waals surface area contributed by atoms with Crippen molar-refractivity contribution in [3.8, 4) is 0 Å². The molecule has 1 aromatic heterocycles. The van der Waals surface area contributed by atoms with Crippen LogP contribution in [-0.4, -0.2) is 21.6 Å². The zero-order valence-electron chi connectivity index (χ0n) is 16.9. The van der Waals surface area contributed by atoms with E-state index in [9.17, 15) is 4.79 Å². The van der Waals surface area contributed by atoms with E-state index in [1.807, 2.05) is 55.5 Å². The van der Waals surface area contributed by atoms with Crippen LogP contribution in [-0.2, 0) is 9.53 Å². The van der Waals surface area contributed by atoms with Crippen LogP contribution in [0.2, 0.25) is 5.02 Å². The number of nitrogens with one attached hydrogen (secondary N) is 1.